The third-order valence-corrected chi connectivity index (χ3v) is 8.59. The van der Waals surface area contributed by atoms with Crippen molar-refractivity contribution in [3.8, 4) is 17.6 Å². The molecule has 1 amide bonds. The van der Waals surface area contributed by atoms with Gasteiger partial charge < -0.3 is 10.4 Å². The van der Waals surface area contributed by atoms with E-state index < -0.39 is 46.1 Å². The maximum Gasteiger partial charge on any atom is 0.336 e. The van der Waals surface area contributed by atoms with Crippen LogP contribution in [0, 0.1) is 22.6 Å². The third kappa shape index (κ3) is 3.83. The zero-order chi connectivity index (χ0) is 29.4. The second-order valence-electron chi connectivity index (χ2n) is 11.7. The number of nitrogens with zero attached hydrogens (tertiary/aromatic N) is 3. The first-order chi connectivity index (χ1) is 19.4. The molecule has 10 heteroatoms. The molecule has 0 fully saturated rings. The summed E-state index contributed by atoms with van der Waals surface area (Å²) in [5, 5.41) is 24.2. The van der Waals surface area contributed by atoms with Crippen LogP contribution in [0.3, 0.4) is 0 Å². The van der Waals surface area contributed by atoms with Crippen LogP contribution in [0.15, 0.2) is 65.5 Å². The lowest BCUT2D eigenvalue weighted by molar-refractivity contribution is -0.122. The summed E-state index contributed by atoms with van der Waals surface area (Å²) in [7, 11) is 0. The number of rotatable bonds is 3. The van der Waals surface area contributed by atoms with Crippen LogP contribution < -0.4 is 11.0 Å². The number of hydrogen-bond donors (Lipinski definition) is 2. The smallest absolute Gasteiger partial charge is 0.336 e. The predicted octanol–water partition coefficient (Wildman–Crippen LogP) is 6.68. The standard InChI is InChI=1S/C31H25Cl2FN4O3/c1-30(2,3)14-23-31(20-12-9-17(32)13-22(20)36-28(31)40)24(19-5-4-6-21(33)25(19)34)26-27(39)37(29(41)38(23)26)18-10-7-16(15-35)8-11-18/h4-13,23-24,39H,14H2,1-3H3,(H,36,40). The fourth-order valence-corrected chi connectivity index (χ4v) is 6.89. The van der Waals surface area contributed by atoms with Gasteiger partial charge in [0.15, 0.2) is 0 Å². The Morgan fingerprint density at radius 3 is 2.46 bits per heavy atom. The highest BCUT2D eigenvalue weighted by atomic mass is 35.5. The fraction of sp³-hybridized carbons (Fsp3) is 0.258. The molecule has 0 radical (unpaired) electrons. The number of carbonyl (C=O) groups excluding carboxylic acids is 1. The van der Waals surface area contributed by atoms with Crippen LogP contribution in [-0.2, 0) is 10.2 Å². The van der Waals surface area contributed by atoms with E-state index in [9.17, 15) is 20.0 Å². The van der Waals surface area contributed by atoms with E-state index in [1.165, 1.54) is 28.8 Å². The Balaban J connectivity index is 1.74. The lowest BCUT2D eigenvalue weighted by atomic mass is 9.62. The summed E-state index contributed by atoms with van der Waals surface area (Å²) in [6.07, 6.45) is 0.338. The summed E-state index contributed by atoms with van der Waals surface area (Å²) in [5.41, 5.74) is -0.576. The Hall–Kier alpha value is -4.06. The number of benzene rings is 3. The molecular weight excluding hydrogens is 566 g/mol. The van der Waals surface area contributed by atoms with Crippen molar-refractivity contribution in [1.82, 2.24) is 9.13 Å². The number of hydrogen-bond acceptors (Lipinski definition) is 4. The van der Waals surface area contributed by atoms with E-state index in [-0.39, 0.29) is 16.3 Å². The van der Waals surface area contributed by atoms with Gasteiger partial charge in [0.25, 0.3) is 0 Å². The van der Waals surface area contributed by atoms with Crippen molar-refractivity contribution in [3.63, 3.8) is 0 Å². The van der Waals surface area contributed by atoms with Crippen LogP contribution in [0.5, 0.6) is 5.88 Å². The largest absolute Gasteiger partial charge is 0.493 e. The van der Waals surface area contributed by atoms with Crippen LogP contribution >= 0.6 is 23.2 Å². The SMILES string of the molecule is CC(C)(C)CC1n2c(c(O)n(-c3ccc(C#N)cc3)c2=O)C(c2cccc(Cl)c2F)C12C(=O)Nc1cc(Cl)ccc12. The highest BCUT2D eigenvalue weighted by Gasteiger charge is 2.66. The van der Waals surface area contributed by atoms with Crippen molar-refractivity contribution in [2.24, 2.45) is 5.41 Å². The number of aromatic hydroxyl groups is 1. The Kier molecular flexibility index (Phi) is 6.11. The van der Waals surface area contributed by atoms with Gasteiger partial charge in [-0.25, -0.2) is 13.8 Å². The molecule has 208 valence electrons. The van der Waals surface area contributed by atoms with Gasteiger partial charge >= 0.3 is 5.69 Å². The molecule has 0 bridgehead atoms. The second-order valence-corrected chi connectivity index (χ2v) is 12.6. The summed E-state index contributed by atoms with van der Waals surface area (Å²) >= 11 is 12.5. The number of imidazole rings is 1. The highest BCUT2D eigenvalue weighted by molar-refractivity contribution is 6.31. The minimum absolute atomic E-state index is 0.0767. The number of anilines is 1. The molecule has 2 aliphatic rings. The third-order valence-electron chi connectivity index (χ3n) is 8.07. The van der Waals surface area contributed by atoms with E-state index in [0.717, 1.165) is 4.57 Å². The molecule has 3 unspecified atom stereocenters. The van der Waals surface area contributed by atoms with Crippen molar-refractivity contribution in [3.05, 3.63) is 109 Å². The molecule has 0 saturated heterocycles. The molecule has 4 aromatic rings. The van der Waals surface area contributed by atoms with Crippen LogP contribution in [0.25, 0.3) is 5.69 Å². The van der Waals surface area contributed by atoms with Crippen molar-refractivity contribution < 1.29 is 14.3 Å². The summed E-state index contributed by atoms with van der Waals surface area (Å²) in [4.78, 5) is 28.6. The molecule has 3 heterocycles. The summed E-state index contributed by atoms with van der Waals surface area (Å²) in [5.74, 6) is -2.71. The monoisotopic (exact) mass is 590 g/mol. The maximum absolute atomic E-state index is 16.0. The van der Waals surface area contributed by atoms with E-state index in [1.54, 1.807) is 36.4 Å². The van der Waals surface area contributed by atoms with E-state index in [1.807, 2.05) is 26.8 Å². The van der Waals surface area contributed by atoms with Crippen LogP contribution in [-0.4, -0.2) is 20.1 Å². The molecule has 6 rings (SSSR count). The first-order valence-electron chi connectivity index (χ1n) is 13.0. The Labute approximate surface area is 245 Å². The Morgan fingerprint density at radius 1 is 1.10 bits per heavy atom. The minimum Gasteiger partial charge on any atom is -0.493 e. The molecule has 3 aromatic carbocycles. The number of nitriles is 1. The maximum atomic E-state index is 16.0. The van der Waals surface area contributed by atoms with E-state index in [4.69, 9.17) is 23.2 Å². The molecule has 3 atom stereocenters. The number of amides is 1. The van der Waals surface area contributed by atoms with Gasteiger partial charge in [-0.05, 0) is 59.9 Å². The van der Waals surface area contributed by atoms with Gasteiger partial charge in [0.1, 0.15) is 11.2 Å². The average Bonchev–Trinajstić information content (AvgIpc) is 3.46. The van der Waals surface area contributed by atoms with E-state index >= 15 is 4.39 Å². The average molecular weight is 591 g/mol. The molecule has 0 aliphatic carbocycles. The van der Waals surface area contributed by atoms with Gasteiger partial charge in [0.05, 0.1) is 40.0 Å². The van der Waals surface area contributed by atoms with Gasteiger partial charge in [-0.2, -0.15) is 5.26 Å². The quantitative estimate of drug-likeness (QED) is 0.278. The van der Waals surface area contributed by atoms with Crippen LogP contribution in [0.1, 0.15) is 61.5 Å². The number of halogens is 3. The summed E-state index contributed by atoms with van der Waals surface area (Å²) < 4.78 is 18.5. The molecule has 0 saturated carbocycles. The number of aromatic nitrogens is 2. The zero-order valence-electron chi connectivity index (χ0n) is 22.4. The minimum atomic E-state index is -1.51. The zero-order valence-corrected chi connectivity index (χ0v) is 23.9. The van der Waals surface area contributed by atoms with Gasteiger partial charge in [-0.1, -0.05) is 62.2 Å². The first-order valence-corrected chi connectivity index (χ1v) is 13.8. The Bertz CT molecular complexity index is 1850. The highest BCUT2D eigenvalue weighted by Crippen LogP contribution is 2.64. The predicted molar refractivity (Wildman–Crippen MR) is 155 cm³/mol. The number of carbonyl (C=O) groups is 1. The molecule has 1 aromatic heterocycles. The van der Waals surface area contributed by atoms with Gasteiger partial charge in [0, 0.05) is 16.3 Å². The molecule has 2 aliphatic heterocycles. The normalized spacial score (nSPS) is 21.0. The lowest BCUT2D eigenvalue weighted by Crippen LogP contribution is -2.46. The van der Waals surface area contributed by atoms with Crippen molar-refractivity contribution in [2.45, 2.75) is 44.6 Å². The van der Waals surface area contributed by atoms with Crippen LogP contribution in [0.4, 0.5) is 10.1 Å². The fourth-order valence-electron chi connectivity index (χ4n) is 6.54. The molecular formula is C31H25Cl2FN4O3. The summed E-state index contributed by atoms with van der Waals surface area (Å²) in [6.45, 7) is 5.98. The number of nitrogens with one attached hydrogen (secondary N) is 1. The Morgan fingerprint density at radius 2 is 1.80 bits per heavy atom. The van der Waals surface area contributed by atoms with Crippen LogP contribution in [0.2, 0.25) is 10.0 Å². The molecule has 7 nitrogen and oxygen atoms in total. The van der Waals surface area contributed by atoms with Crippen molar-refractivity contribution >= 4 is 34.8 Å². The van der Waals surface area contributed by atoms with Gasteiger partial charge in [0.2, 0.25) is 11.8 Å². The van der Waals surface area contributed by atoms with E-state index in [2.05, 4.69) is 5.32 Å². The van der Waals surface area contributed by atoms with Gasteiger partial charge in [-0.3, -0.25) is 9.36 Å². The van der Waals surface area contributed by atoms with E-state index in [0.29, 0.717) is 33.9 Å². The summed E-state index contributed by atoms with van der Waals surface area (Å²) in [6, 6.07) is 16.9. The van der Waals surface area contributed by atoms with Crippen molar-refractivity contribution in [2.75, 3.05) is 5.32 Å². The molecule has 1 spiro atoms. The molecule has 2 N–H and O–H groups in total. The lowest BCUT2D eigenvalue weighted by Gasteiger charge is -2.38. The van der Waals surface area contributed by atoms with Crippen molar-refractivity contribution in [1.29, 1.82) is 5.26 Å². The topological polar surface area (TPSA) is 100 Å². The first kappa shape index (κ1) is 27.1. The van der Waals surface area contributed by atoms with Gasteiger partial charge in [-0.15, -0.1) is 0 Å². The molecule has 41 heavy (non-hydrogen) atoms. The second kappa shape index (κ2) is 9.23. The number of fused-ring (bicyclic) bond motifs is 3.